The zero-order valence-corrected chi connectivity index (χ0v) is 20.2. The number of carbonyl (C=O) groups excluding carboxylic acids is 3. The summed E-state index contributed by atoms with van der Waals surface area (Å²) in [6, 6.07) is 9.47. The van der Waals surface area contributed by atoms with Crippen molar-refractivity contribution >= 4 is 40.8 Å². The number of aromatic nitrogens is 1. The molecule has 0 spiro atoms. The number of carbonyl (C=O) groups is 3. The summed E-state index contributed by atoms with van der Waals surface area (Å²) in [6.45, 7) is 7.14. The number of hydrogen-bond donors (Lipinski definition) is 2. The molecule has 2 N–H and O–H groups in total. The van der Waals surface area contributed by atoms with E-state index in [9.17, 15) is 18.8 Å². The van der Waals surface area contributed by atoms with Crippen LogP contribution >= 0.6 is 11.6 Å². The highest BCUT2D eigenvalue weighted by molar-refractivity contribution is 6.31. The fourth-order valence-corrected chi connectivity index (χ4v) is 3.93. The number of H-pyrrole nitrogens is 1. The number of nitrogens with zero attached hydrogens (tertiary/aromatic N) is 1. The third kappa shape index (κ3) is 5.75. The van der Waals surface area contributed by atoms with Crippen molar-refractivity contribution in [2.75, 3.05) is 6.61 Å². The summed E-state index contributed by atoms with van der Waals surface area (Å²) in [5.74, 6) is -1.64. The first-order valence-electron chi connectivity index (χ1n) is 10.8. The van der Waals surface area contributed by atoms with Crippen molar-refractivity contribution in [3.8, 4) is 0 Å². The lowest BCUT2D eigenvalue weighted by Crippen LogP contribution is -2.47. The van der Waals surface area contributed by atoms with E-state index in [1.54, 1.807) is 52.0 Å². The van der Waals surface area contributed by atoms with Gasteiger partial charge in [0.2, 0.25) is 12.3 Å². The smallest absolute Gasteiger partial charge is 0.355 e. The van der Waals surface area contributed by atoms with Crippen molar-refractivity contribution in [1.82, 2.24) is 15.2 Å². The number of rotatable bonds is 8. The van der Waals surface area contributed by atoms with Crippen LogP contribution in [0.3, 0.4) is 0 Å². The van der Waals surface area contributed by atoms with Gasteiger partial charge < -0.3 is 19.9 Å². The van der Waals surface area contributed by atoms with E-state index in [1.165, 1.54) is 23.1 Å². The molecule has 0 fully saturated rings. The maximum absolute atomic E-state index is 13.8. The molecule has 9 heteroatoms. The van der Waals surface area contributed by atoms with Crippen LogP contribution in [0.1, 0.15) is 55.4 Å². The summed E-state index contributed by atoms with van der Waals surface area (Å²) in [7, 11) is 0. The molecule has 0 aliphatic carbocycles. The van der Waals surface area contributed by atoms with E-state index in [1.807, 2.05) is 0 Å². The molecule has 0 aliphatic heterocycles. The number of ether oxygens (including phenoxy) is 1. The van der Waals surface area contributed by atoms with E-state index in [-0.39, 0.29) is 24.4 Å². The third-order valence-corrected chi connectivity index (χ3v) is 5.26. The summed E-state index contributed by atoms with van der Waals surface area (Å²) in [6.07, 6.45) is 0.515. The van der Waals surface area contributed by atoms with Gasteiger partial charge in [-0.25, -0.2) is 9.18 Å². The molecule has 3 aromatic rings. The number of aromatic amines is 1. The van der Waals surface area contributed by atoms with Crippen LogP contribution < -0.4 is 5.32 Å². The van der Waals surface area contributed by atoms with Gasteiger partial charge in [0, 0.05) is 33.6 Å². The molecule has 0 aliphatic rings. The van der Waals surface area contributed by atoms with Gasteiger partial charge in [-0.05, 0) is 57.5 Å². The van der Waals surface area contributed by atoms with Crippen LogP contribution in [0.5, 0.6) is 0 Å². The van der Waals surface area contributed by atoms with Crippen LogP contribution in [0.15, 0.2) is 42.5 Å². The topological polar surface area (TPSA) is 91.5 Å². The first kappa shape index (κ1) is 25.2. The van der Waals surface area contributed by atoms with Gasteiger partial charge in [0.1, 0.15) is 17.6 Å². The standard InChI is InChI=1S/C25H27ClFN3O4/c1-5-34-24(33)21-20(18-10-9-16(26)12-19(18)28-21)22(23(32)29-25(2,3)4)30(14-31)13-15-7-6-8-17(27)11-15/h6-12,14,22,28H,5,13H2,1-4H3,(H,29,32). The quantitative estimate of drug-likeness (QED) is 0.354. The fraction of sp³-hybridized carbons (Fsp3) is 0.320. The van der Waals surface area contributed by atoms with E-state index in [0.29, 0.717) is 27.9 Å². The van der Waals surface area contributed by atoms with E-state index >= 15 is 0 Å². The molecule has 1 unspecified atom stereocenters. The van der Waals surface area contributed by atoms with Gasteiger partial charge in [-0.2, -0.15) is 0 Å². The van der Waals surface area contributed by atoms with E-state index < -0.39 is 29.3 Å². The van der Waals surface area contributed by atoms with Gasteiger partial charge in [-0.1, -0.05) is 29.8 Å². The van der Waals surface area contributed by atoms with Gasteiger partial charge in [0.25, 0.3) is 0 Å². The largest absolute Gasteiger partial charge is 0.461 e. The number of halogens is 2. The average Bonchev–Trinajstić information content (AvgIpc) is 3.10. The van der Waals surface area contributed by atoms with Gasteiger partial charge in [-0.15, -0.1) is 0 Å². The lowest BCUT2D eigenvalue weighted by molar-refractivity contribution is -0.134. The number of hydrogen-bond acceptors (Lipinski definition) is 4. The molecular weight excluding hydrogens is 461 g/mol. The normalized spacial score (nSPS) is 12.3. The highest BCUT2D eigenvalue weighted by Gasteiger charge is 2.36. The van der Waals surface area contributed by atoms with E-state index in [0.717, 1.165) is 0 Å². The minimum atomic E-state index is -1.21. The molecule has 34 heavy (non-hydrogen) atoms. The molecule has 1 atom stereocenters. The molecule has 180 valence electrons. The fourth-order valence-electron chi connectivity index (χ4n) is 3.76. The summed E-state index contributed by atoms with van der Waals surface area (Å²) in [5.41, 5.74) is 0.689. The van der Waals surface area contributed by atoms with Crippen molar-refractivity contribution in [2.24, 2.45) is 0 Å². The van der Waals surface area contributed by atoms with Crippen LogP contribution in [-0.2, 0) is 20.9 Å². The van der Waals surface area contributed by atoms with Gasteiger partial charge in [-0.3, -0.25) is 9.59 Å². The van der Waals surface area contributed by atoms with Crippen molar-refractivity contribution in [3.05, 3.63) is 70.1 Å². The Morgan fingerprint density at radius 3 is 2.59 bits per heavy atom. The SMILES string of the molecule is CCOC(=O)c1[nH]c2cc(Cl)ccc2c1C(C(=O)NC(C)(C)C)N(C=O)Cc1cccc(F)c1. The second kappa shape index (κ2) is 10.3. The second-order valence-electron chi connectivity index (χ2n) is 8.87. The molecule has 0 bridgehead atoms. The average molecular weight is 488 g/mol. The first-order chi connectivity index (χ1) is 16.0. The highest BCUT2D eigenvalue weighted by atomic mass is 35.5. The van der Waals surface area contributed by atoms with Gasteiger partial charge in [0.15, 0.2) is 0 Å². The Balaban J connectivity index is 2.22. The zero-order chi connectivity index (χ0) is 25.0. The number of fused-ring (bicyclic) bond motifs is 1. The summed E-state index contributed by atoms with van der Waals surface area (Å²) >= 11 is 6.14. The zero-order valence-electron chi connectivity index (χ0n) is 19.4. The van der Waals surface area contributed by atoms with Gasteiger partial charge in [0.05, 0.1) is 6.61 Å². The summed E-state index contributed by atoms with van der Waals surface area (Å²) in [5, 5.41) is 3.85. The van der Waals surface area contributed by atoms with E-state index in [4.69, 9.17) is 16.3 Å². The summed E-state index contributed by atoms with van der Waals surface area (Å²) in [4.78, 5) is 43.0. The van der Waals surface area contributed by atoms with Crippen LogP contribution in [0.4, 0.5) is 4.39 Å². The maximum Gasteiger partial charge on any atom is 0.355 e. The van der Waals surface area contributed by atoms with Crippen LogP contribution in [0.25, 0.3) is 10.9 Å². The monoisotopic (exact) mass is 487 g/mol. The molecular formula is C25H27ClFN3O4. The highest BCUT2D eigenvalue weighted by Crippen LogP contribution is 2.34. The Kier molecular flexibility index (Phi) is 7.61. The molecule has 2 amide bonds. The molecule has 1 heterocycles. The third-order valence-electron chi connectivity index (χ3n) is 5.02. The summed E-state index contributed by atoms with van der Waals surface area (Å²) < 4.78 is 19.0. The lowest BCUT2D eigenvalue weighted by Gasteiger charge is -2.31. The van der Waals surface area contributed by atoms with Crippen molar-refractivity contribution < 1.29 is 23.5 Å². The molecule has 1 aromatic heterocycles. The Bertz CT molecular complexity index is 1220. The first-order valence-corrected chi connectivity index (χ1v) is 11.2. The molecule has 0 saturated carbocycles. The Labute approximate surface area is 202 Å². The Morgan fingerprint density at radius 1 is 1.24 bits per heavy atom. The minimum absolute atomic E-state index is 0.0410. The van der Waals surface area contributed by atoms with E-state index in [2.05, 4.69) is 10.3 Å². The van der Waals surface area contributed by atoms with Crippen molar-refractivity contribution in [1.29, 1.82) is 0 Å². The van der Waals surface area contributed by atoms with Crippen LogP contribution in [0.2, 0.25) is 5.02 Å². The number of benzene rings is 2. The van der Waals surface area contributed by atoms with Crippen LogP contribution in [-0.4, -0.2) is 40.3 Å². The second-order valence-corrected chi connectivity index (χ2v) is 9.31. The molecule has 0 saturated heterocycles. The van der Waals surface area contributed by atoms with Crippen molar-refractivity contribution in [3.63, 3.8) is 0 Å². The van der Waals surface area contributed by atoms with Crippen LogP contribution in [0, 0.1) is 5.82 Å². The van der Waals surface area contributed by atoms with Gasteiger partial charge >= 0.3 is 5.97 Å². The number of esters is 1. The Morgan fingerprint density at radius 2 is 1.97 bits per heavy atom. The Hall–Kier alpha value is -3.39. The molecule has 0 radical (unpaired) electrons. The maximum atomic E-state index is 13.8. The molecule has 7 nitrogen and oxygen atoms in total. The predicted octanol–water partition coefficient (Wildman–Crippen LogP) is 4.75. The molecule has 2 aromatic carbocycles. The number of amides is 2. The number of nitrogens with one attached hydrogen (secondary N) is 2. The van der Waals surface area contributed by atoms with Crippen molar-refractivity contribution in [2.45, 2.75) is 45.8 Å². The predicted molar refractivity (Wildman–Crippen MR) is 128 cm³/mol. The molecule has 3 rings (SSSR count). The lowest BCUT2D eigenvalue weighted by atomic mass is 9.98. The minimum Gasteiger partial charge on any atom is -0.461 e.